The van der Waals surface area contributed by atoms with E-state index in [4.69, 9.17) is 9.72 Å². The van der Waals surface area contributed by atoms with Crippen LogP contribution in [0.3, 0.4) is 0 Å². The van der Waals surface area contributed by atoms with Gasteiger partial charge in [-0.25, -0.2) is 4.98 Å². The summed E-state index contributed by atoms with van der Waals surface area (Å²) in [7, 11) is 1.60. The summed E-state index contributed by atoms with van der Waals surface area (Å²) in [6.45, 7) is 1.80. The van der Waals surface area contributed by atoms with E-state index in [-0.39, 0.29) is 11.2 Å². The van der Waals surface area contributed by atoms with Crippen molar-refractivity contribution >= 4 is 23.1 Å². The Morgan fingerprint density at radius 3 is 2.19 bits per heavy atom. The van der Waals surface area contributed by atoms with E-state index in [0.717, 1.165) is 33.7 Å². The van der Waals surface area contributed by atoms with Gasteiger partial charge in [-0.1, -0.05) is 72.8 Å². The summed E-state index contributed by atoms with van der Waals surface area (Å²) in [4.78, 5) is 30.9. The molecule has 0 atom stereocenters. The second-order valence-corrected chi connectivity index (χ2v) is 10.7. The summed E-state index contributed by atoms with van der Waals surface area (Å²) in [5.74, 6) is 1.26. The minimum Gasteiger partial charge on any atom is -0.497 e. The third-order valence-corrected chi connectivity index (χ3v) is 8.20. The maximum atomic E-state index is 14.1. The molecule has 2 heterocycles. The number of aryl methyl sites for hydroxylation is 1. The minimum absolute atomic E-state index is 0.0124. The molecular formula is C33H26N4O4S. The molecule has 0 amide bonds. The standard InChI is InChI=1S/C33H26N4O4S/c1-21-29(25-15-18-27(37(39)40)28(19-25)42-20-22-13-16-26(41-2)17-14-22)33(38)36-32(34-21)30(23-9-5-3-6-10-23)31(35-36)24-11-7-4-8-12-24/h3-19,35H,20H2,1-2H3. The lowest BCUT2D eigenvalue weighted by Crippen LogP contribution is -2.19. The van der Waals surface area contributed by atoms with Gasteiger partial charge in [-0.2, -0.15) is 4.52 Å². The van der Waals surface area contributed by atoms with Crippen molar-refractivity contribution in [3.05, 3.63) is 135 Å². The van der Waals surface area contributed by atoms with Crippen molar-refractivity contribution in [2.45, 2.75) is 17.6 Å². The topological polar surface area (TPSA) is 103 Å². The van der Waals surface area contributed by atoms with Crippen LogP contribution < -0.4 is 10.3 Å². The molecule has 0 fully saturated rings. The molecule has 6 aromatic rings. The Morgan fingerprint density at radius 2 is 1.55 bits per heavy atom. The summed E-state index contributed by atoms with van der Waals surface area (Å²) >= 11 is 1.35. The average molecular weight is 575 g/mol. The van der Waals surface area contributed by atoms with Crippen LogP contribution in [0.4, 0.5) is 5.69 Å². The Hall–Kier alpha value is -5.15. The Morgan fingerprint density at radius 1 is 0.881 bits per heavy atom. The highest BCUT2D eigenvalue weighted by molar-refractivity contribution is 7.98. The van der Waals surface area contributed by atoms with Crippen molar-refractivity contribution in [2.75, 3.05) is 7.11 Å². The number of nitrogens with one attached hydrogen (secondary N) is 1. The fraction of sp³-hybridized carbons (Fsp3) is 0.0909. The van der Waals surface area contributed by atoms with Crippen LogP contribution in [0.2, 0.25) is 0 Å². The molecule has 0 radical (unpaired) electrons. The number of nitrogens with zero attached hydrogens (tertiary/aromatic N) is 3. The molecular weight excluding hydrogens is 548 g/mol. The van der Waals surface area contributed by atoms with Gasteiger partial charge in [0.25, 0.3) is 11.2 Å². The zero-order chi connectivity index (χ0) is 29.2. The number of hydrogen-bond donors (Lipinski definition) is 1. The lowest BCUT2D eigenvalue weighted by molar-refractivity contribution is -0.387. The van der Waals surface area contributed by atoms with E-state index in [1.54, 1.807) is 26.2 Å². The van der Waals surface area contributed by atoms with Crippen molar-refractivity contribution in [1.29, 1.82) is 0 Å². The van der Waals surface area contributed by atoms with Gasteiger partial charge in [0.2, 0.25) is 0 Å². The van der Waals surface area contributed by atoms with Gasteiger partial charge in [0.1, 0.15) is 5.75 Å². The fourth-order valence-corrected chi connectivity index (χ4v) is 6.04. The normalized spacial score (nSPS) is 11.1. The third-order valence-electron chi connectivity index (χ3n) is 7.08. The number of thioether (sulfide) groups is 1. The Balaban J connectivity index is 1.48. The van der Waals surface area contributed by atoms with Gasteiger partial charge in [-0.05, 0) is 47.9 Å². The summed E-state index contributed by atoms with van der Waals surface area (Å²) < 4.78 is 6.69. The number of hydrogen-bond acceptors (Lipinski definition) is 6. The number of benzene rings is 4. The van der Waals surface area contributed by atoms with E-state index in [0.29, 0.717) is 33.1 Å². The smallest absolute Gasteiger partial charge is 0.282 e. The SMILES string of the molecule is COc1ccc(CSc2cc(-c3c(C)nc4c(-c5ccccc5)c(-c5ccccc5)[nH]n4c3=O)ccc2[N+](=O)[O-])cc1. The van der Waals surface area contributed by atoms with E-state index >= 15 is 0 Å². The lowest BCUT2D eigenvalue weighted by atomic mass is 10.0. The van der Waals surface area contributed by atoms with Crippen molar-refractivity contribution in [3.63, 3.8) is 0 Å². The van der Waals surface area contributed by atoms with Gasteiger partial charge in [-0.3, -0.25) is 20.0 Å². The van der Waals surface area contributed by atoms with Crippen LogP contribution in [0.25, 0.3) is 39.2 Å². The van der Waals surface area contributed by atoms with Gasteiger partial charge in [0.15, 0.2) is 5.65 Å². The zero-order valence-electron chi connectivity index (χ0n) is 22.9. The molecule has 0 spiro atoms. The highest BCUT2D eigenvalue weighted by Crippen LogP contribution is 2.37. The van der Waals surface area contributed by atoms with Crippen LogP contribution >= 0.6 is 11.8 Å². The molecule has 0 aliphatic carbocycles. The molecule has 0 saturated heterocycles. The molecule has 0 saturated carbocycles. The zero-order valence-corrected chi connectivity index (χ0v) is 23.7. The highest BCUT2D eigenvalue weighted by Gasteiger charge is 2.23. The second-order valence-electron chi connectivity index (χ2n) is 9.71. The summed E-state index contributed by atoms with van der Waals surface area (Å²) in [5, 5.41) is 15.2. The Labute approximate surface area is 245 Å². The molecule has 42 heavy (non-hydrogen) atoms. The van der Waals surface area contributed by atoms with Crippen molar-refractivity contribution in [1.82, 2.24) is 14.6 Å². The van der Waals surface area contributed by atoms with E-state index in [9.17, 15) is 14.9 Å². The van der Waals surface area contributed by atoms with Crippen LogP contribution in [-0.2, 0) is 5.75 Å². The van der Waals surface area contributed by atoms with Crippen LogP contribution in [0.5, 0.6) is 5.75 Å². The number of H-pyrrole nitrogens is 1. The average Bonchev–Trinajstić information content (AvgIpc) is 3.40. The number of fused-ring (bicyclic) bond motifs is 1. The fourth-order valence-electron chi connectivity index (χ4n) is 5.02. The van der Waals surface area contributed by atoms with Gasteiger partial charge < -0.3 is 4.74 Å². The molecule has 1 N–H and O–H groups in total. The monoisotopic (exact) mass is 574 g/mol. The second kappa shape index (κ2) is 11.4. The van der Waals surface area contributed by atoms with Gasteiger partial charge in [-0.15, -0.1) is 11.8 Å². The molecule has 4 aromatic carbocycles. The minimum atomic E-state index is -0.398. The lowest BCUT2D eigenvalue weighted by Gasteiger charge is -2.10. The molecule has 6 rings (SSSR count). The number of aromatic nitrogens is 3. The van der Waals surface area contributed by atoms with E-state index in [1.807, 2.05) is 84.9 Å². The summed E-state index contributed by atoms with van der Waals surface area (Å²) in [6.07, 6.45) is 0. The Kier molecular flexibility index (Phi) is 7.33. The van der Waals surface area contributed by atoms with Gasteiger partial charge in [0.05, 0.1) is 39.4 Å². The number of ether oxygens (including phenoxy) is 1. The molecule has 0 aliphatic rings. The molecule has 9 heteroatoms. The number of nitro groups is 1. The van der Waals surface area contributed by atoms with Crippen molar-refractivity contribution in [2.24, 2.45) is 0 Å². The van der Waals surface area contributed by atoms with Gasteiger partial charge >= 0.3 is 0 Å². The number of rotatable bonds is 8. The molecule has 0 bridgehead atoms. The van der Waals surface area contributed by atoms with Crippen molar-refractivity contribution in [3.8, 4) is 39.3 Å². The van der Waals surface area contributed by atoms with Crippen LogP contribution in [-0.4, -0.2) is 26.6 Å². The number of aromatic amines is 1. The highest BCUT2D eigenvalue weighted by atomic mass is 32.2. The third kappa shape index (κ3) is 5.06. The summed E-state index contributed by atoms with van der Waals surface area (Å²) in [5.41, 5.74) is 6.17. The molecule has 2 aromatic heterocycles. The van der Waals surface area contributed by atoms with Gasteiger partial charge in [0, 0.05) is 17.4 Å². The first kappa shape index (κ1) is 27.0. The maximum absolute atomic E-state index is 14.1. The first-order chi connectivity index (χ1) is 20.4. The van der Waals surface area contributed by atoms with E-state index < -0.39 is 4.92 Å². The first-order valence-corrected chi connectivity index (χ1v) is 14.2. The van der Waals surface area contributed by atoms with Crippen LogP contribution in [0, 0.1) is 17.0 Å². The van der Waals surface area contributed by atoms with Crippen LogP contribution in [0.1, 0.15) is 11.3 Å². The maximum Gasteiger partial charge on any atom is 0.282 e. The summed E-state index contributed by atoms with van der Waals surface area (Å²) in [6, 6.07) is 32.0. The van der Waals surface area contributed by atoms with E-state index in [1.165, 1.54) is 22.3 Å². The quantitative estimate of drug-likeness (QED) is 0.114. The largest absolute Gasteiger partial charge is 0.497 e. The van der Waals surface area contributed by atoms with Crippen molar-refractivity contribution < 1.29 is 9.66 Å². The van der Waals surface area contributed by atoms with Crippen LogP contribution in [0.15, 0.2) is 113 Å². The Bertz CT molecular complexity index is 1970. The predicted molar refractivity (Wildman–Crippen MR) is 166 cm³/mol. The predicted octanol–water partition coefficient (Wildman–Crippen LogP) is 7.54. The molecule has 0 unspecified atom stereocenters. The number of methoxy groups -OCH3 is 1. The first-order valence-electron chi connectivity index (χ1n) is 13.3. The molecule has 8 nitrogen and oxygen atoms in total. The van der Waals surface area contributed by atoms with E-state index in [2.05, 4.69) is 5.10 Å². The molecule has 0 aliphatic heterocycles. The number of nitro benzene ring substituents is 1. The molecule has 208 valence electrons.